The van der Waals surface area contributed by atoms with Gasteiger partial charge in [0.1, 0.15) is 11.5 Å². The summed E-state index contributed by atoms with van der Waals surface area (Å²) < 4.78 is 16.3. The second-order valence-electron chi connectivity index (χ2n) is 7.31. The van der Waals surface area contributed by atoms with Gasteiger partial charge in [0.05, 0.1) is 32.2 Å². The van der Waals surface area contributed by atoms with E-state index >= 15 is 0 Å². The van der Waals surface area contributed by atoms with Crippen molar-refractivity contribution in [2.24, 2.45) is 0 Å². The van der Waals surface area contributed by atoms with Crippen LogP contribution in [0.3, 0.4) is 0 Å². The average Bonchev–Trinajstić information content (AvgIpc) is 2.86. The minimum absolute atomic E-state index is 0.389. The number of ether oxygens (including phenoxy) is 3. The Balaban J connectivity index is 1.78. The number of halogens is 1. The first-order valence-corrected chi connectivity index (χ1v) is 12.0. The first-order valence-electron chi connectivity index (χ1n) is 10.9. The van der Waals surface area contributed by atoms with E-state index in [1.54, 1.807) is 14.2 Å². The summed E-state index contributed by atoms with van der Waals surface area (Å²) in [6.07, 6.45) is 11.2. The van der Waals surface area contributed by atoms with Crippen molar-refractivity contribution >= 4 is 40.2 Å². The fraction of sp³-hybridized carbons (Fsp3) is 0.259. The summed E-state index contributed by atoms with van der Waals surface area (Å²) in [5.74, 6) is 1.66. The molecule has 0 amide bonds. The van der Waals surface area contributed by atoms with Crippen molar-refractivity contribution in [2.45, 2.75) is 19.3 Å². The van der Waals surface area contributed by atoms with Crippen LogP contribution >= 0.6 is 15.9 Å². The van der Waals surface area contributed by atoms with Crippen LogP contribution < -0.4 is 14.2 Å². The van der Waals surface area contributed by atoms with Crippen molar-refractivity contribution in [3.05, 3.63) is 77.1 Å². The van der Waals surface area contributed by atoms with Gasteiger partial charge in [-0.3, -0.25) is 0 Å². The fourth-order valence-electron chi connectivity index (χ4n) is 3.03. The molecule has 0 unspecified atom stereocenters. The zero-order valence-corrected chi connectivity index (χ0v) is 20.6. The van der Waals surface area contributed by atoms with Crippen LogP contribution in [0, 0.1) is 0 Å². The molecule has 0 saturated carbocycles. The van der Waals surface area contributed by atoms with E-state index in [0.717, 1.165) is 58.6 Å². The second kappa shape index (κ2) is 13.4. The minimum Gasteiger partial charge on any atom is -0.497 e. The van der Waals surface area contributed by atoms with Gasteiger partial charge in [0, 0.05) is 5.33 Å². The van der Waals surface area contributed by atoms with Crippen LogP contribution in [0.4, 0.5) is 0 Å². The Morgan fingerprint density at radius 2 is 1.21 bits per heavy atom. The van der Waals surface area contributed by atoms with Crippen molar-refractivity contribution in [2.75, 3.05) is 26.2 Å². The Hall–Kier alpha value is -3.12. The summed E-state index contributed by atoms with van der Waals surface area (Å²) in [6.45, 7) is 0.598. The Bertz CT molecular complexity index is 972. The monoisotopic (exact) mass is 508 g/mol. The number of benzene rings is 2. The van der Waals surface area contributed by atoms with E-state index in [1.807, 2.05) is 78.9 Å². The summed E-state index contributed by atoms with van der Waals surface area (Å²) in [4.78, 5) is 9.15. The van der Waals surface area contributed by atoms with E-state index in [2.05, 4.69) is 25.9 Å². The number of rotatable bonds is 12. The molecule has 0 aliphatic heterocycles. The molecule has 6 heteroatoms. The Kier molecular flexibility index (Phi) is 9.98. The molecule has 0 saturated heterocycles. The molecule has 33 heavy (non-hydrogen) atoms. The van der Waals surface area contributed by atoms with Gasteiger partial charge < -0.3 is 14.2 Å². The predicted molar refractivity (Wildman–Crippen MR) is 139 cm³/mol. The van der Waals surface area contributed by atoms with Crippen LogP contribution in [-0.4, -0.2) is 36.1 Å². The highest BCUT2D eigenvalue weighted by Crippen LogP contribution is 2.18. The second-order valence-corrected chi connectivity index (χ2v) is 8.10. The van der Waals surface area contributed by atoms with Crippen molar-refractivity contribution in [1.82, 2.24) is 9.97 Å². The van der Waals surface area contributed by atoms with Gasteiger partial charge in [-0.2, -0.15) is 9.97 Å². The largest absolute Gasteiger partial charge is 0.497 e. The summed E-state index contributed by atoms with van der Waals surface area (Å²) in [7, 11) is 3.32. The maximum atomic E-state index is 5.86. The van der Waals surface area contributed by atoms with E-state index in [0.29, 0.717) is 12.6 Å². The molecular formula is C27H29BrN2O3. The van der Waals surface area contributed by atoms with Crippen LogP contribution in [0.15, 0.2) is 54.6 Å². The third-order valence-corrected chi connectivity index (χ3v) is 5.44. The third-order valence-electron chi connectivity index (χ3n) is 4.88. The van der Waals surface area contributed by atoms with Crippen molar-refractivity contribution in [1.29, 1.82) is 0 Å². The van der Waals surface area contributed by atoms with Crippen LogP contribution in [0.25, 0.3) is 24.3 Å². The van der Waals surface area contributed by atoms with Crippen molar-refractivity contribution < 1.29 is 14.2 Å². The number of hydrogen-bond donors (Lipinski definition) is 0. The topological polar surface area (TPSA) is 53.5 Å². The summed E-state index contributed by atoms with van der Waals surface area (Å²) in [5.41, 5.74) is 3.68. The van der Waals surface area contributed by atoms with Crippen LogP contribution in [0.2, 0.25) is 0 Å². The highest BCUT2D eigenvalue weighted by atomic mass is 79.9. The standard InChI is InChI=1S/C27H29BrN2O3/c1-31-25-14-8-21(9-15-25)6-12-23-20-24(13-7-22-10-16-26(32-2)17-11-22)30-27(29-23)33-19-5-3-4-18-28/h6-17,20H,3-5,18-19H2,1-2H3/b12-6+,13-7+. The maximum Gasteiger partial charge on any atom is 0.317 e. The Labute approximate surface area is 204 Å². The molecule has 172 valence electrons. The molecule has 0 aliphatic carbocycles. The molecular weight excluding hydrogens is 480 g/mol. The zero-order chi connectivity index (χ0) is 23.3. The third kappa shape index (κ3) is 8.39. The number of hydrogen-bond acceptors (Lipinski definition) is 5. The van der Waals surface area contributed by atoms with Gasteiger partial charge in [0.25, 0.3) is 0 Å². The van der Waals surface area contributed by atoms with Crippen LogP contribution in [0.5, 0.6) is 17.5 Å². The SMILES string of the molecule is COc1ccc(/C=C/c2cc(/C=C/c3ccc(OC)cc3)nc(OCCCCCBr)n2)cc1. The number of methoxy groups -OCH3 is 2. The molecule has 0 atom stereocenters. The molecule has 0 bridgehead atoms. The van der Waals surface area contributed by atoms with E-state index in [-0.39, 0.29) is 0 Å². The van der Waals surface area contributed by atoms with Crippen molar-refractivity contribution in [3.8, 4) is 17.5 Å². The first kappa shape index (κ1) is 24.5. The van der Waals surface area contributed by atoms with Gasteiger partial charge in [-0.05, 0) is 72.9 Å². The Morgan fingerprint density at radius 1 is 0.697 bits per heavy atom. The summed E-state index contributed by atoms with van der Waals surface area (Å²) in [6, 6.07) is 18.1. The molecule has 3 rings (SSSR count). The number of unbranched alkanes of at least 4 members (excludes halogenated alkanes) is 2. The highest BCUT2D eigenvalue weighted by molar-refractivity contribution is 9.09. The van der Waals surface area contributed by atoms with Crippen molar-refractivity contribution in [3.63, 3.8) is 0 Å². The van der Waals surface area contributed by atoms with Gasteiger partial charge in [0.2, 0.25) is 0 Å². The Morgan fingerprint density at radius 3 is 1.67 bits per heavy atom. The molecule has 3 aromatic rings. The maximum absolute atomic E-state index is 5.86. The van der Waals surface area contributed by atoms with E-state index in [4.69, 9.17) is 14.2 Å². The van der Waals surface area contributed by atoms with E-state index < -0.39 is 0 Å². The molecule has 5 nitrogen and oxygen atoms in total. The van der Waals surface area contributed by atoms with E-state index in [9.17, 15) is 0 Å². The van der Waals surface area contributed by atoms with Gasteiger partial charge >= 0.3 is 6.01 Å². The average molecular weight is 509 g/mol. The number of nitrogens with zero attached hydrogens (tertiary/aromatic N) is 2. The van der Waals surface area contributed by atoms with Crippen LogP contribution in [0.1, 0.15) is 41.8 Å². The molecule has 0 radical (unpaired) electrons. The smallest absolute Gasteiger partial charge is 0.317 e. The summed E-state index contributed by atoms with van der Waals surface area (Å²) >= 11 is 3.46. The lowest BCUT2D eigenvalue weighted by atomic mass is 10.1. The lowest BCUT2D eigenvalue weighted by Crippen LogP contribution is -2.03. The lowest BCUT2D eigenvalue weighted by Gasteiger charge is -2.06. The van der Waals surface area contributed by atoms with Gasteiger partial charge in [-0.1, -0.05) is 52.3 Å². The zero-order valence-electron chi connectivity index (χ0n) is 19.0. The normalized spacial score (nSPS) is 11.2. The molecule has 2 aromatic carbocycles. The fourth-order valence-corrected chi connectivity index (χ4v) is 3.42. The molecule has 1 aromatic heterocycles. The highest BCUT2D eigenvalue weighted by Gasteiger charge is 2.04. The van der Waals surface area contributed by atoms with Gasteiger partial charge in [-0.25, -0.2) is 0 Å². The van der Waals surface area contributed by atoms with E-state index in [1.165, 1.54) is 0 Å². The molecule has 0 aliphatic rings. The molecule has 0 N–H and O–H groups in total. The lowest BCUT2D eigenvalue weighted by molar-refractivity contribution is 0.282. The minimum atomic E-state index is 0.389. The first-order chi connectivity index (χ1) is 16.2. The summed E-state index contributed by atoms with van der Waals surface area (Å²) in [5, 5.41) is 1.01. The molecule has 1 heterocycles. The number of alkyl halides is 1. The predicted octanol–water partition coefficient (Wildman–Crippen LogP) is 6.78. The van der Waals surface area contributed by atoms with Gasteiger partial charge in [-0.15, -0.1) is 0 Å². The number of aromatic nitrogens is 2. The van der Waals surface area contributed by atoms with Crippen LogP contribution in [-0.2, 0) is 0 Å². The quantitative estimate of drug-likeness (QED) is 0.199. The van der Waals surface area contributed by atoms with Gasteiger partial charge in [0.15, 0.2) is 0 Å². The molecule has 0 fully saturated rings. The molecule has 0 spiro atoms.